The molecule has 160 valence electrons. The lowest BCUT2D eigenvalue weighted by atomic mass is 10.0. The highest BCUT2D eigenvalue weighted by Gasteiger charge is 2.37. The van der Waals surface area contributed by atoms with Crippen LogP contribution in [0.3, 0.4) is 0 Å². The van der Waals surface area contributed by atoms with Gasteiger partial charge in [0.15, 0.2) is 4.93 Å². The first kappa shape index (κ1) is 26.3. The normalized spacial score (nSPS) is 14.5. The van der Waals surface area contributed by atoms with Gasteiger partial charge in [0, 0.05) is 6.42 Å². The van der Waals surface area contributed by atoms with E-state index in [1.165, 1.54) is 44.9 Å². The molecule has 0 aliphatic carbocycles. The molecule has 0 aliphatic rings. The minimum atomic E-state index is -4.63. The average molecular weight is 405 g/mol. The second-order valence-electron chi connectivity index (χ2n) is 7.70. The molecule has 0 amide bonds. The summed E-state index contributed by atoms with van der Waals surface area (Å²) in [5.41, 5.74) is 0. The third kappa shape index (κ3) is 14.9. The molecule has 0 aliphatic heterocycles. The van der Waals surface area contributed by atoms with Gasteiger partial charge in [-0.25, -0.2) is 0 Å². The number of allylic oxidation sites excluding steroid dienone is 2. The number of ketones is 1. The number of carbonyl (C=O) groups excluding carboxylic acids is 1. The zero-order valence-corrected chi connectivity index (χ0v) is 18.1. The molecule has 0 aromatic rings. The van der Waals surface area contributed by atoms with Crippen molar-refractivity contribution in [3.63, 3.8) is 0 Å². The molecule has 0 aromatic heterocycles. The summed E-state index contributed by atoms with van der Waals surface area (Å²) in [5.74, 6) is -0.338. The van der Waals surface area contributed by atoms with E-state index in [0.717, 1.165) is 39.0 Å². The molecular weight excluding hydrogens is 364 g/mol. The molecule has 0 saturated heterocycles. The number of Topliss-reactive ketones (excluding diaryl/α,β-unsaturated/α-hetero) is 1. The summed E-state index contributed by atoms with van der Waals surface area (Å²) >= 11 is 0. The fourth-order valence-corrected chi connectivity index (χ4v) is 3.28. The number of hydrogen-bond donors (Lipinski definition) is 2. The van der Waals surface area contributed by atoms with Crippen LogP contribution in [0.25, 0.3) is 0 Å². The number of rotatable bonds is 18. The van der Waals surface area contributed by atoms with Crippen LogP contribution >= 0.6 is 0 Å². The van der Waals surface area contributed by atoms with Crippen LogP contribution < -0.4 is 0 Å². The molecule has 1 atom stereocenters. The van der Waals surface area contributed by atoms with E-state index in [0.29, 0.717) is 6.42 Å². The number of hydrogen-bond acceptors (Lipinski definition) is 4. The summed E-state index contributed by atoms with van der Waals surface area (Å²) in [6.07, 6.45) is 19.5. The first-order valence-corrected chi connectivity index (χ1v) is 12.0. The third-order valence-electron chi connectivity index (χ3n) is 4.80. The summed E-state index contributed by atoms with van der Waals surface area (Å²) in [5, 5.41) is 9.58. The van der Waals surface area contributed by atoms with Crippen LogP contribution in [-0.4, -0.2) is 28.8 Å². The first-order valence-electron chi connectivity index (χ1n) is 10.6. The summed E-state index contributed by atoms with van der Waals surface area (Å²) in [4.78, 5) is 9.31. The van der Waals surface area contributed by atoms with Gasteiger partial charge in [0.1, 0.15) is 5.78 Å². The smallest absolute Gasteiger partial charge is 0.295 e. The van der Waals surface area contributed by atoms with Crippen LogP contribution in [-0.2, 0) is 14.9 Å². The molecule has 0 fully saturated rings. The van der Waals surface area contributed by atoms with E-state index in [1.54, 1.807) is 0 Å². The zero-order chi connectivity index (χ0) is 20.6. The van der Waals surface area contributed by atoms with E-state index in [2.05, 4.69) is 19.1 Å². The van der Waals surface area contributed by atoms with Crippen molar-refractivity contribution in [3.8, 4) is 0 Å². The lowest BCUT2D eigenvalue weighted by molar-refractivity contribution is -0.121. The fourth-order valence-electron chi connectivity index (χ4n) is 2.94. The molecule has 6 heteroatoms. The van der Waals surface area contributed by atoms with Gasteiger partial charge >= 0.3 is 0 Å². The van der Waals surface area contributed by atoms with E-state index < -0.39 is 21.5 Å². The van der Waals surface area contributed by atoms with E-state index in [1.807, 2.05) is 0 Å². The van der Waals surface area contributed by atoms with Crippen molar-refractivity contribution in [2.75, 3.05) is 0 Å². The highest BCUT2D eigenvalue weighted by molar-refractivity contribution is 7.87. The van der Waals surface area contributed by atoms with Crippen molar-refractivity contribution in [2.24, 2.45) is 0 Å². The Morgan fingerprint density at radius 3 is 1.78 bits per heavy atom. The quantitative estimate of drug-likeness (QED) is 0.177. The van der Waals surface area contributed by atoms with Gasteiger partial charge in [-0.15, -0.1) is 0 Å². The Morgan fingerprint density at radius 1 is 0.852 bits per heavy atom. The predicted octanol–water partition coefficient (Wildman–Crippen LogP) is 5.58. The van der Waals surface area contributed by atoms with Crippen molar-refractivity contribution in [3.05, 3.63) is 12.2 Å². The summed E-state index contributed by atoms with van der Waals surface area (Å²) < 4.78 is 30.8. The van der Waals surface area contributed by atoms with Crippen LogP contribution in [0.2, 0.25) is 0 Å². The second kappa shape index (κ2) is 15.2. The van der Waals surface area contributed by atoms with Gasteiger partial charge in [0.2, 0.25) is 0 Å². The second-order valence-corrected chi connectivity index (χ2v) is 9.53. The van der Waals surface area contributed by atoms with Gasteiger partial charge in [0.25, 0.3) is 10.1 Å². The zero-order valence-electron chi connectivity index (χ0n) is 17.3. The molecular formula is C21H40O5S. The maximum absolute atomic E-state index is 11.7. The Labute approximate surface area is 166 Å². The molecule has 27 heavy (non-hydrogen) atoms. The Kier molecular flexibility index (Phi) is 14.8. The van der Waals surface area contributed by atoms with Crippen LogP contribution in [0.4, 0.5) is 0 Å². The lowest BCUT2D eigenvalue weighted by Gasteiger charge is -2.18. The summed E-state index contributed by atoms with van der Waals surface area (Å²) in [6, 6.07) is 0. The highest BCUT2D eigenvalue weighted by atomic mass is 32.2. The van der Waals surface area contributed by atoms with Crippen LogP contribution in [0.15, 0.2) is 12.2 Å². The third-order valence-corrected chi connectivity index (χ3v) is 6.05. The van der Waals surface area contributed by atoms with E-state index in [9.17, 15) is 18.3 Å². The van der Waals surface area contributed by atoms with Crippen molar-refractivity contribution >= 4 is 15.9 Å². The predicted molar refractivity (Wildman–Crippen MR) is 111 cm³/mol. The Hall–Kier alpha value is -0.720. The van der Waals surface area contributed by atoms with Crippen LogP contribution in [0, 0.1) is 0 Å². The molecule has 0 aromatic carbocycles. The van der Waals surface area contributed by atoms with Crippen LogP contribution in [0.5, 0.6) is 0 Å². The number of unbranched alkanes of at least 4 members (excludes halogenated alkanes) is 11. The summed E-state index contributed by atoms with van der Waals surface area (Å²) in [7, 11) is -4.63. The van der Waals surface area contributed by atoms with Gasteiger partial charge < -0.3 is 5.11 Å². The largest absolute Gasteiger partial charge is 0.372 e. The molecule has 2 N–H and O–H groups in total. The van der Waals surface area contributed by atoms with Gasteiger partial charge in [-0.3, -0.25) is 9.35 Å². The Balaban J connectivity index is 3.50. The van der Waals surface area contributed by atoms with Crippen LogP contribution in [0.1, 0.15) is 110 Å². The molecule has 0 saturated carbocycles. The van der Waals surface area contributed by atoms with E-state index in [4.69, 9.17) is 4.55 Å². The van der Waals surface area contributed by atoms with E-state index >= 15 is 0 Å². The lowest BCUT2D eigenvalue weighted by Crippen LogP contribution is -2.37. The topological polar surface area (TPSA) is 91.7 Å². The molecule has 0 bridgehead atoms. The maximum Gasteiger partial charge on any atom is 0.295 e. The molecule has 0 rings (SSSR count). The molecule has 5 nitrogen and oxygen atoms in total. The Bertz CT molecular complexity index is 509. The number of aliphatic hydroxyl groups is 1. The minimum absolute atomic E-state index is 0.240. The molecule has 1 unspecified atom stereocenters. The molecule has 0 spiro atoms. The maximum atomic E-state index is 11.7. The van der Waals surface area contributed by atoms with Crippen molar-refractivity contribution in [1.29, 1.82) is 0 Å². The first-order chi connectivity index (χ1) is 12.7. The standard InChI is InChI=1S/C21H40O5S/c1-3-4-5-6-7-8-9-10-11-12-13-14-15-16-17-18-20(22)19-21(2,23)27(24,25)26/h10-11,23H,3-9,12-19H2,1-2H3,(H,24,25,26)/b11-10-. The monoisotopic (exact) mass is 404 g/mol. The van der Waals surface area contributed by atoms with Crippen molar-refractivity contribution in [2.45, 2.75) is 115 Å². The van der Waals surface area contributed by atoms with Gasteiger partial charge in [0.05, 0.1) is 6.42 Å². The minimum Gasteiger partial charge on any atom is -0.372 e. The summed E-state index contributed by atoms with van der Waals surface area (Å²) in [6.45, 7) is 3.18. The van der Waals surface area contributed by atoms with E-state index in [-0.39, 0.29) is 12.2 Å². The molecule has 0 radical (unpaired) electrons. The fraction of sp³-hybridized carbons (Fsp3) is 0.857. The van der Waals surface area contributed by atoms with Crippen molar-refractivity contribution < 1.29 is 22.9 Å². The van der Waals surface area contributed by atoms with Gasteiger partial charge in [-0.2, -0.15) is 8.42 Å². The Morgan fingerprint density at radius 2 is 1.30 bits per heavy atom. The van der Waals surface area contributed by atoms with Crippen molar-refractivity contribution in [1.82, 2.24) is 0 Å². The highest BCUT2D eigenvalue weighted by Crippen LogP contribution is 2.19. The van der Waals surface area contributed by atoms with Gasteiger partial charge in [-0.05, 0) is 39.0 Å². The number of carbonyl (C=O) groups is 1. The molecule has 0 heterocycles. The SMILES string of the molecule is CCCCCCCC/C=C\CCCCCCCC(=O)CC(C)(O)S(=O)(=O)O. The van der Waals surface area contributed by atoms with Gasteiger partial charge in [-0.1, -0.05) is 70.4 Å². The average Bonchev–Trinajstić information content (AvgIpc) is 2.57.